The number of nitrogens with zero attached hydrogens (tertiary/aromatic N) is 1. The van der Waals surface area contributed by atoms with Crippen LogP contribution in [0.25, 0.3) is 0 Å². The van der Waals surface area contributed by atoms with Gasteiger partial charge in [-0.25, -0.2) is 0 Å². The maximum absolute atomic E-state index is 11.7. The van der Waals surface area contributed by atoms with Gasteiger partial charge in [0.05, 0.1) is 0 Å². The molecule has 1 heterocycles. The predicted octanol–water partition coefficient (Wildman–Crippen LogP) is 2.41. The summed E-state index contributed by atoms with van der Waals surface area (Å²) in [6.45, 7) is 3.76. The van der Waals surface area contributed by atoms with E-state index in [1.807, 2.05) is 11.8 Å². The van der Waals surface area contributed by atoms with Crippen LogP contribution in [0.5, 0.6) is 0 Å². The summed E-state index contributed by atoms with van der Waals surface area (Å²) in [7, 11) is 0. The number of carbonyl (C=O) groups is 1. The molecular weight excluding hydrogens is 186 g/mol. The molecule has 1 fully saturated rings. The van der Waals surface area contributed by atoms with Crippen molar-refractivity contribution in [2.75, 3.05) is 13.1 Å². The molecule has 0 radical (unpaired) electrons. The van der Waals surface area contributed by atoms with E-state index in [1.54, 1.807) is 0 Å². The fourth-order valence-corrected chi connectivity index (χ4v) is 1.80. The molecule has 0 aliphatic carbocycles. The largest absolute Gasteiger partial charge is 0.341 e. The third kappa shape index (κ3) is 3.18. The molecule has 0 spiro atoms. The fraction of sp³-hybridized carbons (Fsp3) is 0.900. The Morgan fingerprint density at radius 3 is 2.31 bits per heavy atom. The number of alkyl halides is 1. The first kappa shape index (κ1) is 10.8. The number of rotatable bonds is 2. The second-order valence-corrected chi connectivity index (χ2v) is 4.14. The Balaban J connectivity index is 2.43. The molecule has 1 aliphatic rings. The topological polar surface area (TPSA) is 20.3 Å². The maximum Gasteiger partial charge on any atom is 0.240 e. The second kappa shape index (κ2) is 5.48. The van der Waals surface area contributed by atoms with Crippen molar-refractivity contribution in [3.8, 4) is 0 Å². The molecule has 0 aromatic heterocycles. The van der Waals surface area contributed by atoms with Crippen molar-refractivity contribution in [2.24, 2.45) is 0 Å². The summed E-state index contributed by atoms with van der Waals surface area (Å²) < 4.78 is 0. The summed E-state index contributed by atoms with van der Waals surface area (Å²) in [5.74, 6) is 0.131. The average Bonchev–Trinajstić information content (AvgIpc) is 2.43. The zero-order valence-electron chi connectivity index (χ0n) is 8.26. The molecular formula is C10H18ClNO. The van der Waals surface area contributed by atoms with Gasteiger partial charge in [-0.2, -0.15) is 0 Å². The van der Waals surface area contributed by atoms with Crippen LogP contribution in [0, 0.1) is 0 Å². The molecule has 1 aliphatic heterocycles. The summed E-state index contributed by atoms with van der Waals surface area (Å²) >= 11 is 5.91. The van der Waals surface area contributed by atoms with E-state index in [1.165, 1.54) is 12.8 Å². The Bertz CT molecular complexity index is 164. The van der Waals surface area contributed by atoms with Crippen molar-refractivity contribution < 1.29 is 4.79 Å². The lowest BCUT2D eigenvalue weighted by molar-refractivity contribution is -0.130. The molecule has 76 valence electrons. The normalized spacial score (nSPS) is 20.9. The number of carbonyl (C=O) groups excluding carboxylic acids is 1. The van der Waals surface area contributed by atoms with Crippen LogP contribution >= 0.6 is 11.6 Å². The summed E-state index contributed by atoms with van der Waals surface area (Å²) in [4.78, 5) is 13.6. The van der Waals surface area contributed by atoms with Gasteiger partial charge in [0.1, 0.15) is 5.38 Å². The molecule has 0 bridgehead atoms. The Kier molecular flexibility index (Phi) is 4.57. The summed E-state index contributed by atoms with van der Waals surface area (Å²) in [6.07, 6.45) is 5.51. The van der Waals surface area contributed by atoms with Crippen LogP contribution in [0.2, 0.25) is 0 Å². The highest BCUT2D eigenvalue weighted by molar-refractivity contribution is 6.30. The molecule has 0 N–H and O–H groups in total. The first-order valence-corrected chi connectivity index (χ1v) is 5.62. The molecule has 1 amide bonds. The molecule has 0 aromatic carbocycles. The van der Waals surface area contributed by atoms with Gasteiger partial charge >= 0.3 is 0 Å². The molecule has 2 nitrogen and oxygen atoms in total. The van der Waals surface area contributed by atoms with Crippen molar-refractivity contribution in [1.29, 1.82) is 0 Å². The summed E-state index contributed by atoms with van der Waals surface area (Å²) in [5, 5.41) is -0.307. The third-order valence-corrected chi connectivity index (χ3v) is 3.04. The van der Waals surface area contributed by atoms with E-state index in [0.29, 0.717) is 0 Å². The van der Waals surface area contributed by atoms with E-state index >= 15 is 0 Å². The minimum Gasteiger partial charge on any atom is -0.341 e. The maximum atomic E-state index is 11.7. The lowest BCUT2D eigenvalue weighted by Crippen LogP contribution is -2.37. The van der Waals surface area contributed by atoms with E-state index in [-0.39, 0.29) is 11.3 Å². The van der Waals surface area contributed by atoms with E-state index in [2.05, 4.69) is 0 Å². The molecule has 1 atom stereocenters. The van der Waals surface area contributed by atoms with Gasteiger partial charge in [0, 0.05) is 13.1 Å². The number of likely N-dealkylation sites (tertiary alicyclic amines) is 1. The molecule has 1 rings (SSSR count). The van der Waals surface area contributed by atoms with Gasteiger partial charge in [-0.15, -0.1) is 11.6 Å². The van der Waals surface area contributed by atoms with Gasteiger partial charge in [0.25, 0.3) is 0 Å². The van der Waals surface area contributed by atoms with Crippen molar-refractivity contribution in [3.63, 3.8) is 0 Å². The molecule has 0 aromatic rings. The Hall–Kier alpha value is -0.240. The van der Waals surface area contributed by atoms with Gasteiger partial charge in [-0.3, -0.25) is 4.79 Å². The molecule has 1 saturated heterocycles. The molecule has 13 heavy (non-hydrogen) atoms. The van der Waals surface area contributed by atoms with Crippen molar-refractivity contribution in [2.45, 2.75) is 44.4 Å². The number of halogens is 1. The third-order valence-electron chi connectivity index (χ3n) is 2.54. The van der Waals surface area contributed by atoms with Gasteiger partial charge in [0.2, 0.25) is 5.91 Å². The Morgan fingerprint density at radius 1 is 1.31 bits per heavy atom. The van der Waals surface area contributed by atoms with Crippen LogP contribution in [0.15, 0.2) is 0 Å². The molecule has 0 saturated carbocycles. The highest BCUT2D eigenvalue weighted by Crippen LogP contribution is 2.13. The Morgan fingerprint density at radius 2 is 1.85 bits per heavy atom. The quantitative estimate of drug-likeness (QED) is 0.632. The number of amides is 1. The van der Waals surface area contributed by atoms with Gasteiger partial charge in [-0.05, 0) is 19.3 Å². The average molecular weight is 204 g/mol. The van der Waals surface area contributed by atoms with Crippen LogP contribution in [-0.2, 0) is 4.79 Å². The molecule has 3 heteroatoms. The monoisotopic (exact) mass is 203 g/mol. The van der Waals surface area contributed by atoms with Crippen molar-refractivity contribution >= 4 is 17.5 Å². The summed E-state index contributed by atoms with van der Waals surface area (Å²) in [6, 6.07) is 0. The molecule has 0 unspecified atom stereocenters. The lowest BCUT2D eigenvalue weighted by atomic mass is 10.2. The minimum atomic E-state index is -0.307. The van der Waals surface area contributed by atoms with E-state index in [0.717, 1.165) is 32.4 Å². The van der Waals surface area contributed by atoms with Crippen LogP contribution in [0.1, 0.15) is 39.0 Å². The van der Waals surface area contributed by atoms with Crippen LogP contribution in [0.3, 0.4) is 0 Å². The van der Waals surface area contributed by atoms with Gasteiger partial charge in [0.15, 0.2) is 0 Å². The predicted molar refractivity (Wildman–Crippen MR) is 55.0 cm³/mol. The van der Waals surface area contributed by atoms with Crippen LogP contribution in [0.4, 0.5) is 0 Å². The number of hydrogen-bond donors (Lipinski definition) is 0. The van der Waals surface area contributed by atoms with Crippen LogP contribution in [-0.4, -0.2) is 29.3 Å². The zero-order chi connectivity index (χ0) is 9.68. The highest BCUT2D eigenvalue weighted by Gasteiger charge is 2.21. The SMILES string of the molecule is CC[C@@H](Cl)C(=O)N1CCCCCC1. The van der Waals surface area contributed by atoms with Gasteiger partial charge < -0.3 is 4.90 Å². The highest BCUT2D eigenvalue weighted by atomic mass is 35.5. The Labute approximate surface area is 85.2 Å². The number of hydrogen-bond acceptors (Lipinski definition) is 1. The van der Waals surface area contributed by atoms with Crippen LogP contribution < -0.4 is 0 Å². The van der Waals surface area contributed by atoms with Crippen molar-refractivity contribution in [1.82, 2.24) is 4.90 Å². The standard InChI is InChI=1S/C10H18ClNO/c1-2-9(11)10(13)12-7-5-3-4-6-8-12/h9H,2-8H2,1H3/t9-/m1/s1. The van der Waals surface area contributed by atoms with E-state index < -0.39 is 0 Å². The summed E-state index contributed by atoms with van der Waals surface area (Å²) in [5.41, 5.74) is 0. The first-order valence-electron chi connectivity index (χ1n) is 5.18. The van der Waals surface area contributed by atoms with Gasteiger partial charge in [-0.1, -0.05) is 19.8 Å². The lowest BCUT2D eigenvalue weighted by Gasteiger charge is -2.22. The van der Waals surface area contributed by atoms with E-state index in [9.17, 15) is 4.79 Å². The second-order valence-electron chi connectivity index (χ2n) is 3.62. The first-order chi connectivity index (χ1) is 6.25. The van der Waals surface area contributed by atoms with E-state index in [4.69, 9.17) is 11.6 Å². The van der Waals surface area contributed by atoms with Crippen molar-refractivity contribution in [3.05, 3.63) is 0 Å². The smallest absolute Gasteiger partial charge is 0.240 e. The fourth-order valence-electron chi connectivity index (χ4n) is 1.66. The minimum absolute atomic E-state index is 0.131. The zero-order valence-corrected chi connectivity index (χ0v) is 9.02.